The fourth-order valence-corrected chi connectivity index (χ4v) is 1.97. The minimum absolute atomic E-state index is 0.829. The zero-order chi connectivity index (χ0) is 10.2. The number of piperidine rings is 1. The summed E-state index contributed by atoms with van der Waals surface area (Å²) in [5, 5.41) is 3.53. The van der Waals surface area contributed by atoms with E-state index < -0.39 is 0 Å². The standard InChI is InChI=1S/C11H25N3/c1-14-8-4-11(5-9-14)10-13-7-3-2-6-12/h11,13H,2-10,12H2,1H3. The molecular formula is C11H25N3. The van der Waals surface area contributed by atoms with Crippen LogP contribution in [0.3, 0.4) is 0 Å². The molecule has 0 aromatic rings. The molecule has 0 radical (unpaired) electrons. The lowest BCUT2D eigenvalue weighted by Gasteiger charge is -2.29. The Morgan fingerprint density at radius 3 is 2.64 bits per heavy atom. The number of hydrogen-bond donors (Lipinski definition) is 2. The van der Waals surface area contributed by atoms with E-state index in [9.17, 15) is 0 Å². The molecule has 0 aromatic heterocycles. The monoisotopic (exact) mass is 199 g/mol. The van der Waals surface area contributed by atoms with E-state index in [1.807, 2.05) is 0 Å². The van der Waals surface area contributed by atoms with Gasteiger partial charge in [-0.15, -0.1) is 0 Å². The van der Waals surface area contributed by atoms with Gasteiger partial charge in [0, 0.05) is 0 Å². The van der Waals surface area contributed by atoms with Crippen LogP contribution in [-0.2, 0) is 0 Å². The fraction of sp³-hybridized carbons (Fsp3) is 1.00. The van der Waals surface area contributed by atoms with Crippen molar-refractivity contribution in [1.29, 1.82) is 0 Å². The molecule has 14 heavy (non-hydrogen) atoms. The lowest BCUT2D eigenvalue weighted by atomic mass is 9.97. The molecule has 1 saturated heterocycles. The molecule has 0 aliphatic carbocycles. The third kappa shape index (κ3) is 4.94. The van der Waals surface area contributed by atoms with E-state index in [1.165, 1.54) is 38.9 Å². The summed E-state index contributed by atoms with van der Waals surface area (Å²) in [5.41, 5.74) is 5.44. The van der Waals surface area contributed by atoms with Crippen LogP contribution in [0, 0.1) is 5.92 Å². The van der Waals surface area contributed by atoms with Gasteiger partial charge in [-0.3, -0.25) is 0 Å². The number of nitrogens with zero attached hydrogens (tertiary/aromatic N) is 1. The minimum Gasteiger partial charge on any atom is -0.330 e. The molecule has 3 heteroatoms. The predicted octanol–water partition coefficient (Wildman–Crippen LogP) is 0.657. The Hall–Kier alpha value is -0.120. The third-order valence-corrected chi connectivity index (χ3v) is 3.08. The van der Waals surface area contributed by atoms with Crippen molar-refractivity contribution in [1.82, 2.24) is 10.2 Å². The second kappa shape index (κ2) is 7.21. The smallest absolute Gasteiger partial charge is 0.00187 e. The van der Waals surface area contributed by atoms with Crippen molar-refractivity contribution in [3.05, 3.63) is 0 Å². The van der Waals surface area contributed by atoms with Gasteiger partial charge in [0.15, 0.2) is 0 Å². The molecule has 0 bridgehead atoms. The molecule has 0 atom stereocenters. The van der Waals surface area contributed by atoms with Gasteiger partial charge in [0.25, 0.3) is 0 Å². The lowest BCUT2D eigenvalue weighted by Crippen LogP contribution is -2.35. The quantitative estimate of drug-likeness (QED) is 0.617. The van der Waals surface area contributed by atoms with E-state index in [2.05, 4.69) is 17.3 Å². The lowest BCUT2D eigenvalue weighted by molar-refractivity contribution is 0.216. The fourth-order valence-electron chi connectivity index (χ4n) is 1.97. The van der Waals surface area contributed by atoms with Crippen LogP contribution in [0.5, 0.6) is 0 Å². The van der Waals surface area contributed by atoms with Crippen molar-refractivity contribution in [3.8, 4) is 0 Å². The molecule has 1 rings (SSSR count). The van der Waals surface area contributed by atoms with Crippen molar-refractivity contribution in [3.63, 3.8) is 0 Å². The number of nitrogens with two attached hydrogens (primary N) is 1. The molecule has 1 aliphatic heterocycles. The van der Waals surface area contributed by atoms with Crippen LogP contribution in [0.4, 0.5) is 0 Å². The first kappa shape index (κ1) is 12.0. The van der Waals surface area contributed by atoms with E-state index in [-0.39, 0.29) is 0 Å². The van der Waals surface area contributed by atoms with Gasteiger partial charge >= 0.3 is 0 Å². The van der Waals surface area contributed by atoms with E-state index in [0.29, 0.717) is 0 Å². The van der Waals surface area contributed by atoms with E-state index in [1.54, 1.807) is 0 Å². The summed E-state index contributed by atoms with van der Waals surface area (Å²) in [6, 6.07) is 0. The van der Waals surface area contributed by atoms with Crippen molar-refractivity contribution >= 4 is 0 Å². The minimum atomic E-state index is 0.829. The van der Waals surface area contributed by atoms with Gasteiger partial charge < -0.3 is 16.0 Å². The van der Waals surface area contributed by atoms with Gasteiger partial charge in [0.2, 0.25) is 0 Å². The van der Waals surface area contributed by atoms with Crippen molar-refractivity contribution in [2.45, 2.75) is 25.7 Å². The predicted molar refractivity (Wildman–Crippen MR) is 61.4 cm³/mol. The Morgan fingerprint density at radius 1 is 1.29 bits per heavy atom. The van der Waals surface area contributed by atoms with Crippen molar-refractivity contribution in [2.75, 3.05) is 39.8 Å². The van der Waals surface area contributed by atoms with Crippen molar-refractivity contribution in [2.24, 2.45) is 11.7 Å². The normalized spacial score (nSPS) is 20.1. The van der Waals surface area contributed by atoms with Crippen LogP contribution in [0.25, 0.3) is 0 Å². The molecule has 84 valence electrons. The van der Waals surface area contributed by atoms with Crippen LogP contribution in [0.2, 0.25) is 0 Å². The third-order valence-electron chi connectivity index (χ3n) is 3.08. The molecule has 1 aliphatic rings. The zero-order valence-electron chi connectivity index (χ0n) is 9.47. The first-order chi connectivity index (χ1) is 6.83. The first-order valence-electron chi connectivity index (χ1n) is 5.92. The Bertz CT molecular complexity index is 130. The molecule has 1 fully saturated rings. The molecule has 1 heterocycles. The molecule has 0 aromatic carbocycles. The zero-order valence-corrected chi connectivity index (χ0v) is 9.47. The topological polar surface area (TPSA) is 41.3 Å². The van der Waals surface area contributed by atoms with Gasteiger partial charge in [-0.2, -0.15) is 0 Å². The van der Waals surface area contributed by atoms with Gasteiger partial charge in [-0.05, 0) is 71.4 Å². The highest BCUT2D eigenvalue weighted by Crippen LogP contribution is 2.14. The maximum absolute atomic E-state index is 5.44. The summed E-state index contributed by atoms with van der Waals surface area (Å²) < 4.78 is 0. The summed E-state index contributed by atoms with van der Waals surface area (Å²) in [4.78, 5) is 2.42. The first-order valence-corrected chi connectivity index (χ1v) is 5.92. The molecule has 3 N–H and O–H groups in total. The second-order valence-corrected chi connectivity index (χ2v) is 4.45. The summed E-state index contributed by atoms with van der Waals surface area (Å²) in [6.07, 6.45) is 5.10. The Balaban J connectivity index is 1.91. The van der Waals surface area contributed by atoms with Gasteiger partial charge in [0.05, 0.1) is 0 Å². The van der Waals surface area contributed by atoms with E-state index in [4.69, 9.17) is 5.73 Å². The maximum atomic E-state index is 5.44. The number of nitrogens with one attached hydrogen (secondary N) is 1. The van der Waals surface area contributed by atoms with E-state index >= 15 is 0 Å². The molecule has 0 saturated carbocycles. The van der Waals surface area contributed by atoms with Gasteiger partial charge in [-0.1, -0.05) is 0 Å². The number of likely N-dealkylation sites (tertiary alicyclic amines) is 1. The Kier molecular flexibility index (Phi) is 6.15. The summed E-state index contributed by atoms with van der Waals surface area (Å²) in [7, 11) is 2.21. The number of rotatable bonds is 6. The summed E-state index contributed by atoms with van der Waals surface area (Å²) in [6.45, 7) is 5.72. The van der Waals surface area contributed by atoms with Crippen LogP contribution < -0.4 is 11.1 Å². The van der Waals surface area contributed by atoms with Crippen LogP contribution >= 0.6 is 0 Å². The molecule has 0 spiro atoms. The highest BCUT2D eigenvalue weighted by Gasteiger charge is 2.15. The van der Waals surface area contributed by atoms with E-state index in [0.717, 1.165) is 25.4 Å². The van der Waals surface area contributed by atoms with Gasteiger partial charge in [-0.25, -0.2) is 0 Å². The molecule has 0 unspecified atom stereocenters. The largest absolute Gasteiger partial charge is 0.330 e. The molecule has 3 nitrogen and oxygen atoms in total. The average Bonchev–Trinajstić information content (AvgIpc) is 2.21. The summed E-state index contributed by atoms with van der Waals surface area (Å²) in [5.74, 6) is 0.907. The van der Waals surface area contributed by atoms with Crippen LogP contribution in [-0.4, -0.2) is 44.7 Å². The Labute approximate surface area is 88.0 Å². The summed E-state index contributed by atoms with van der Waals surface area (Å²) >= 11 is 0. The maximum Gasteiger partial charge on any atom is -0.00187 e. The van der Waals surface area contributed by atoms with Crippen LogP contribution in [0.15, 0.2) is 0 Å². The van der Waals surface area contributed by atoms with Gasteiger partial charge in [0.1, 0.15) is 0 Å². The molecular weight excluding hydrogens is 174 g/mol. The second-order valence-electron chi connectivity index (χ2n) is 4.45. The van der Waals surface area contributed by atoms with Crippen molar-refractivity contribution < 1.29 is 0 Å². The average molecular weight is 199 g/mol. The molecule has 0 amide bonds. The Morgan fingerprint density at radius 2 is 2.00 bits per heavy atom. The SMILES string of the molecule is CN1CCC(CNCCCCN)CC1. The number of hydrogen-bond acceptors (Lipinski definition) is 3. The van der Waals surface area contributed by atoms with Crippen LogP contribution in [0.1, 0.15) is 25.7 Å². The number of unbranched alkanes of at least 4 members (excludes halogenated alkanes) is 1. The highest BCUT2D eigenvalue weighted by atomic mass is 15.1. The highest BCUT2D eigenvalue weighted by molar-refractivity contribution is 4.71.